The number of amides is 1. The maximum absolute atomic E-state index is 12.3. The molecule has 1 aliphatic rings. The van der Waals surface area contributed by atoms with Crippen LogP contribution in [0, 0.1) is 0 Å². The van der Waals surface area contributed by atoms with Crippen molar-refractivity contribution in [1.82, 2.24) is 10.2 Å². The second kappa shape index (κ2) is 8.33. The van der Waals surface area contributed by atoms with Gasteiger partial charge in [0.2, 0.25) is 5.91 Å². The molecule has 0 aromatic heterocycles. The molecule has 0 heterocycles. The third-order valence-electron chi connectivity index (χ3n) is 4.86. The summed E-state index contributed by atoms with van der Waals surface area (Å²) in [4.78, 5) is 14.5. The Kier molecular flexibility index (Phi) is 6.44. The molecule has 1 amide bonds. The van der Waals surface area contributed by atoms with Crippen molar-refractivity contribution in [2.45, 2.75) is 64.5 Å². The number of carbonyl (C=O) groups excluding carboxylic acids is 1. The van der Waals surface area contributed by atoms with Crippen molar-refractivity contribution >= 4 is 5.91 Å². The predicted molar refractivity (Wildman–Crippen MR) is 91.9 cm³/mol. The van der Waals surface area contributed by atoms with Gasteiger partial charge in [-0.3, -0.25) is 9.69 Å². The Balaban J connectivity index is 1.82. The van der Waals surface area contributed by atoms with Crippen LogP contribution in [0.5, 0.6) is 0 Å². The van der Waals surface area contributed by atoms with Crippen LogP contribution >= 0.6 is 0 Å². The summed E-state index contributed by atoms with van der Waals surface area (Å²) >= 11 is 0. The highest BCUT2D eigenvalue weighted by atomic mass is 16.2. The molecular weight excluding hydrogens is 272 g/mol. The number of nitrogens with one attached hydrogen (secondary N) is 1. The molecule has 0 aliphatic heterocycles. The molecule has 3 nitrogen and oxygen atoms in total. The summed E-state index contributed by atoms with van der Waals surface area (Å²) in [5.74, 6) is 0.125. The average Bonchev–Trinajstić information content (AvgIpc) is 2.55. The van der Waals surface area contributed by atoms with Gasteiger partial charge in [-0.05, 0) is 44.4 Å². The third kappa shape index (κ3) is 4.84. The van der Waals surface area contributed by atoms with Crippen molar-refractivity contribution in [3.63, 3.8) is 0 Å². The summed E-state index contributed by atoms with van der Waals surface area (Å²) in [6.07, 6.45) is 7.47. The fraction of sp³-hybridized carbons (Fsp3) is 0.632. The van der Waals surface area contributed by atoms with Crippen LogP contribution in [-0.4, -0.2) is 30.4 Å². The van der Waals surface area contributed by atoms with Crippen molar-refractivity contribution in [1.29, 1.82) is 0 Å². The highest BCUT2D eigenvalue weighted by molar-refractivity contribution is 5.78. The van der Waals surface area contributed by atoms with Gasteiger partial charge in [0.15, 0.2) is 0 Å². The van der Waals surface area contributed by atoms with Crippen molar-refractivity contribution < 1.29 is 4.79 Å². The first-order valence-electron chi connectivity index (χ1n) is 8.68. The van der Waals surface area contributed by atoms with Crippen LogP contribution in [0.3, 0.4) is 0 Å². The summed E-state index contributed by atoms with van der Waals surface area (Å²) in [6.45, 7) is 4.71. The van der Waals surface area contributed by atoms with Crippen LogP contribution in [0.4, 0.5) is 0 Å². The lowest BCUT2D eigenvalue weighted by atomic mass is 9.94. The lowest BCUT2D eigenvalue weighted by Crippen LogP contribution is -2.42. The Morgan fingerprint density at radius 1 is 1.23 bits per heavy atom. The smallest absolute Gasteiger partial charge is 0.234 e. The second-order valence-electron chi connectivity index (χ2n) is 6.59. The van der Waals surface area contributed by atoms with Crippen molar-refractivity contribution in [2.75, 3.05) is 13.6 Å². The number of aryl methyl sites for hydroxylation is 1. The summed E-state index contributed by atoms with van der Waals surface area (Å²) in [5, 5.41) is 3.12. The molecule has 3 heteroatoms. The molecule has 0 bridgehead atoms. The quantitative estimate of drug-likeness (QED) is 0.869. The van der Waals surface area contributed by atoms with Gasteiger partial charge in [0.05, 0.1) is 12.6 Å². The van der Waals surface area contributed by atoms with Gasteiger partial charge in [-0.1, -0.05) is 50.5 Å². The summed E-state index contributed by atoms with van der Waals surface area (Å²) in [6, 6.07) is 9.18. The Morgan fingerprint density at radius 3 is 2.45 bits per heavy atom. The van der Waals surface area contributed by atoms with Crippen LogP contribution in [0.1, 0.15) is 63.1 Å². The van der Waals surface area contributed by atoms with Gasteiger partial charge < -0.3 is 5.32 Å². The van der Waals surface area contributed by atoms with E-state index in [1.165, 1.54) is 43.2 Å². The fourth-order valence-electron chi connectivity index (χ4n) is 3.29. The van der Waals surface area contributed by atoms with Gasteiger partial charge >= 0.3 is 0 Å². The van der Waals surface area contributed by atoms with Crippen LogP contribution in [0.15, 0.2) is 24.3 Å². The number of rotatable bonds is 6. The van der Waals surface area contributed by atoms with Crippen LogP contribution < -0.4 is 5.32 Å². The molecule has 1 aliphatic carbocycles. The summed E-state index contributed by atoms with van der Waals surface area (Å²) in [5.41, 5.74) is 2.50. The zero-order valence-electron chi connectivity index (χ0n) is 14.3. The predicted octanol–water partition coefficient (Wildman–Crippen LogP) is 3.69. The fourth-order valence-corrected chi connectivity index (χ4v) is 3.29. The van der Waals surface area contributed by atoms with Gasteiger partial charge in [0.1, 0.15) is 0 Å². The first kappa shape index (κ1) is 17.0. The van der Waals surface area contributed by atoms with Crippen LogP contribution in [0.25, 0.3) is 0 Å². The highest BCUT2D eigenvalue weighted by Crippen LogP contribution is 2.21. The first-order valence-corrected chi connectivity index (χ1v) is 8.68. The lowest BCUT2D eigenvalue weighted by molar-refractivity contribution is -0.123. The molecule has 1 unspecified atom stereocenters. The van der Waals surface area contributed by atoms with Crippen molar-refractivity contribution in [3.05, 3.63) is 35.4 Å². The number of hydrogen-bond donors (Lipinski definition) is 1. The molecular formula is C19H30N2O. The zero-order valence-corrected chi connectivity index (χ0v) is 14.3. The van der Waals surface area contributed by atoms with E-state index in [9.17, 15) is 4.79 Å². The minimum Gasteiger partial charge on any atom is -0.348 e. The van der Waals surface area contributed by atoms with Gasteiger partial charge in [-0.2, -0.15) is 0 Å². The standard InChI is InChI=1S/C19H30N2O/c1-4-16-10-12-17(13-11-16)15(2)20-19(22)14-21(3)18-8-6-5-7-9-18/h10-13,15,18H,4-9,14H2,1-3H3,(H,20,22). The molecule has 1 atom stereocenters. The number of likely N-dealkylation sites (N-methyl/N-ethyl adjacent to an activating group) is 1. The van der Waals surface area contributed by atoms with E-state index in [1.54, 1.807) is 0 Å². The minimum absolute atomic E-state index is 0.0677. The van der Waals surface area contributed by atoms with E-state index in [0.717, 1.165) is 6.42 Å². The van der Waals surface area contributed by atoms with Gasteiger partial charge in [0, 0.05) is 6.04 Å². The summed E-state index contributed by atoms with van der Waals surface area (Å²) < 4.78 is 0. The van der Waals surface area contributed by atoms with Crippen molar-refractivity contribution in [3.8, 4) is 0 Å². The van der Waals surface area contributed by atoms with Crippen LogP contribution in [-0.2, 0) is 11.2 Å². The summed E-state index contributed by atoms with van der Waals surface area (Å²) in [7, 11) is 2.08. The Bertz CT molecular complexity index is 463. The second-order valence-corrected chi connectivity index (χ2v) is 6.59. The van der Waals surface area contributed by atoms with Crippen LogP contribution in [0.2, 0.25) is 0 Å². The molecule has 1 N–H and O–H groups in total. The normalized spacial score (nSPS) is 17.5. The molecule has 0 spiro atoms. The maximum Gasteiger partial charge on any atom is 0.234 e. The van der Waals surface area contributed by atoms with E-state index < -0.39 is 0 Å². The molecule has 1 saturated carbocycles. The van der Waals surface area contributed by atoms with Gasteiger partial charge in [-0.15, -0.1) is 0 Å². The highest BCUT2D eigenvalue weighted by Gasteiger charge is 2.20. The Hall–Kier alpha value is -1.35. The van der Waals surface area contributed by atoms with E-state index in [2.05, 4.69) is 55.4 Å². The molecule has 0 radical (unpaired) electrons. The van der Waals surface area contributed by atoms with E-state index >= 15 is 0 Å². The lowest BCUT2D eigenvalue weighted by Gasteiger charge is -2.31. The van der Waals surface area contributed by atoms with E-state index in [4.69, 9.17) is 0 Å². The maximum atomic E-state index is 12.3. The van der Waals surface area contributed by atoms with Gasteiger partial charge in [-0.25, -0.2) is 0 Å². The molecule has 22 heavy (non-hydrogen) atoms. The monoisotopic (exact) mass is 302 g/mol. The average molecular weight is 302 g/mol. The first-order chi connectivity index (χ1) is 10.6. The molecule has 1 aromatic rings. The molecule has 1 fully saturated rings. The largest absolute Gasteiger partial charge is 0.348 e. The zero-order chi connectivity index (χ0) is 15.9. The van der Waals surface area contributed by atoms with E-state index in [1.807, 2.05) is 0 Å². The topological polar surface area (TPSA) is 32.3 Å². The minimum atomic E-state index is 0.0677. The molecule has 122 valence electrons. The number of benzene rings is 1. The number of hydrogen-bond acceptors (Lipinski definition) is 2. The number of nitrogens with zero attached hydrogens (tertiary/aromatic N) is 1. The molecule has 0 saturated heterocycles. The molecule has 1 aromatic carbocycles. The van der Waals surface area contributed by atoms with E-state index in [-0.39, 0.29) is 11.9 Å². The SMILES string of the molecule is CCc1ccc(C(C)NC(=O)CN(C)C2CCCCC2)cc1. The Morgan fingerprint density at radius 2 is 1.86 bits per heavy atom. The van der Waals surface area contributed by atoms with E-state index in [0.29, 0.717) is 12.6 Å². The third-order valence-corrected chi connectivity index (χ3v) is 4.86. The Labute approximate surface area is 135 Å². The van der Waals surface area contributed by atoms with Crippen molar-refractivity contribution in [2.24, 2.45) is 0 Å². The van der Waals surface area contributed by atoms with Gasteiger partial charge in [0.25, 0.3) is 0 Å². The molecule has 2 rings (SSSR count). The number of carbonyl (C=O) groups is 1.